The fourth-order valence-electron chi connectivity index (χ4n) is 2.55. The van der Waals surface area contributed by atoms with Crippen LogP contribution < -0.4 is 0 Å². The molecule has 1 heterocycles. The zero-order chi connectivity index (χ0) is 12.9. The minimum Gasteiger partial charge on any atom is -0.465 e. The highest BCUT2D eigenvalue weighted by molar-refractivity contribution is 5.79. The smallest absolute Gasteiger partial charge is 0.380 e. The van der Waals surface area contributed by atoms with Crippen LogP contribution in [0.25, 0.3) is 0 Å². The number of rotatable bonds is 6. The lowest BCUT2D eigenvalue weighted by Gasteiger charge is -2.30. The molecule has 1 fully saturated rings. The Hall–Kier alpha value is -1.10. The number of ether oxygens (including phenoxy) is 1. The van der Waals surface area contributed by atoms with E-state index < -0.39 is 10.8 Å². The summed E-state index contributed by atoms with van der Waals surface area (Å²) in [5, 5.41) is 17.6. The van der Waals surface area contributed by atoms with E-state index in [1.807, 2.05) is 13.8 Å². The lowest BCUT2D eigenvalue weighted by molar-refractivity contribution is -0.736. The fraction of sp³-hybridized carbons (Fsp3) is 0.833. The summed E-state index contributed by atoms with van der Waals surface area (Å²) < 4.78 is 9.15. The van der Waals surface area contributed by atoms with E-state index in [0.29, 0.717) is 32.3 Å². The van der Waals surface area contributed by atoms with E-state index in [-0.39, 0.29) is 12.6 Å². The zero-order valence-electron chi connectivity index (χ0n) is 10.4. The molecule has 0 bridgehead atoms. The predicted molar refractivity (Wildman–Crippen MR) is 61.4 cm³/mol. The summed E-state index contributed by atoms with van der Waals surface area (Å²) in [6.45, 7) is 4.22. The van der Waals surface area contributed by atoms with Gasteiger partial charge < -0.3 is 9.84 Å². The van der Waals surface area contributed by atoms with Crippen LogP contribution in [-0.2, 0) is 14.1 Å². The summed E-state index contributed by atoms with van der Waals surface area (Å²) in [5.41, 5.74) is -1.05. The van der Waals surface area contributed by atoms with Gasteiger partial charge in [-0.1, -0.05) is 6.92 Å². The fourth-order valence-corrected chi connectivity index (χ4v) is 2.55. The molecular formula is C12H21O5+. The molecule has 17 heavy (non-hydrogen) atoms. The van der Waals surface area contributed by atoms with Crippen molar-refractivity contribution >= 4 is 12.3 Å². The van der Waals surface area contributed by atoms with Crippen molar-refractivity contribution in [2.75, 3.05) is 13.2 Å². The lowest BCUT2D eigenvalue weighted by atomic mass is 9.69. The summed E-state index contributed by atoms with van der Waals surface area (Å²) in [6.07, 6.45) is 3.60. The summed E-state index contributed by atoms with van der Waals surface area (Å²) in [7, 11) is 0. The number of aliphatic hydroxyl groups excluding tert-OH is 1. The summed E-state index contributed by atoms with van der Waals surface area (Å²) in [4.78, 5) is 11.8. The molecule has 0 spiro atoms. The van der Waals surface area contributed by atoms with Crippen molar-refractivity contribution in [1.82, 2.24) is 0 Å². The molecule has 98 valence electrons. The molecule has 0 aromatic rings. The number of carbonyl (C=O) groups excluding carboxylic acids is 2. The number of hydrogen-bond acceptors (Lipinski definition) is 4. The number of aldehydes is 1. The van der Waals surface area contributed by atoms with Gasteiger partial charge in [-0.05, 0) is 32.6 Å². The van der Waals surface area contributed by atoms with Crippen molar-refractivity contribution in [3.63, 3.8) is 0 Å². The monoisotopic (exact) mass is 245 g/mol. The molecule has 1 rings (SSSR count). The maximum Gasteiger partial charge on any atom is 0.380 e. The first kappa shape index (κ1) is 14.0. The van der Waals surface area contributed by atoms with Crippen molar-refractivity contribution < 1.29 is 24.5 Å². The van der Waals surface area contributed by atoms with E-state index in [4.69, 9.17) is 15.1 Å². The Kier molecular flexibility index (Phi) is 4.51. The Morgan fingerprint density at radius 1 is 1.65 bits per heavy atom. The first-order chi connectivity index (χ1) is 8.02. The van der Waals surface area contributed by atoms with Gasteiger partial charge in [-0.15, -0.1) is 0 Å². The molecule has 0 saturated carbocycles. The van der Waals surface area contributed by atoms with Gasteiger partial charge in [0, 0.05) is 11.2 Å². The largest absolute Gasteiger partial charge is 0.465 e. The second-order valence-electron chi connectivity index (χ2n) is 5.05. The van der Waals surface area contributed by atoms with Crippen LogP contribution in [0, 0.1) is 10.8 Å². The molecule has 0 aliphatic carbocycles. The number of esters is 1. The van der Waals surface area contributed by atoms with Crippen molar-refractivity contribution in [2.45, 2.75) is 39.5 Å². The van der Waals surface area contributed by atoms with Gasteiger partial charge in [0.25, 0.3) is 0 Å². The van der Waals surface area contributed by atoms with Crippen LogP contribution in [0.4, 0.5) is 0 Å². The molecule has 0 radical (unpaired) electrons. The first-order valence-corrected chi connectivity index (χ1v) is 5.94. The summed E-state index contributed by atoms with van der Waals surface area (Å²) in [6, 6.07) is 0. The third-order valence-corrected chi connectivity index (χ3v) is 3.69. The minimum absolute atomic E-state index is 0.0226. The second kappa shape index (κ2) is 5.49. The van der Waals surface area contributed by atoms with E-state index in [1.54, 1.807) is 0 Å². The molecule has 0 amide bonds. The van der Waals surface area contributed by atoms with Gasteiger partial charge in [-0.2, -0.15) is 5.26 Å². The second-order valence-corrected chi connectivity index (χ2v) is 5.05. The Morgan fingerprint density at radius 2 is 2.35 bits per heavy atom. The standard InChI is InChI=1S/C12H21O5/c1-3-12(5-7-16-10(12)14)8-11(2,4-6-13)9-17-15/h9,13,15H,3-8H2,1-2H3/q+1. The number of hydrogen-bond donors (Lipinski definition) is 2. The van der Waals surface area contributed by atoms with Gasteiger partial charge in [0.2, 0.25) is 0 Å². The van der Waals surface area contributed by atoms with E-state index in [2.05, 4.69) is 4.58 Å². The van der Waals surface area contributed by atoms with Crippen LogP contribution in [0.2, 0.25) is 0 Å². The molecule has 2 atom stereocenters. The van der Waals surface area contributed by atoms with E-state index >= 15 is 0 Å². The Morgan fingerprint density at radius 3 is 2.76 bits per heavy atom. The topological polar surface area (TPSA) is 78.1 Å². The van der Waals surface area contributed by atoms with Gasteiger partial charge in [-0.3, -0.25) is 4.79 Å². The van der Waals surface area contributed by atoms with Crippen molar-refractivity contribution in [3.8, 4) is 0 Å². The molecule has 1 saturated heterocycles. The van der Waals surface area contributed by atoms with Crippen LogP contribution in [0.3, 0.4) is 0 Å². The van der Waals surface area contributed by atoms with Crippen molar-refractivity contribution in [3.05, 3.63) is 0 Å². The van der Waals surface area contributed by atoms with E-state index in [9.17, 15) is 4.79 Å². The number of carbonyl (C=O) groups is 1. The lowest BCUT2D eigenvalue weighted by Crippen LogP contribution is -2.35. The average Bonchev–Trinajstić information content (AvgIpc) is 2.61. The highest BCUT2D eigenvalue weighted by atomic mass is 17.1. The molecule has 0 aromatic carbocycles. The van der Waals surface area contributed by atoms with Gasteiger partial charge in [0.15, 0.2) is 0 Å². The van der Waals surface area contributed by atoms with Crippen LogP contribution in [-0.4, -0.2) is 35.8 Å². The molecule has 5 nitrogen and oxygen atoms in total. The molecule has 5 heteroatoms. The molecule has 2 unspecified atom stereocenters. The van der Waals surface area contributed by atoms with Gasteiger partial charge in [0.1, 0.15) is 0 Å². The SMILES string of the molecule is CCC1(CC(C)(C=[O+]O)CCO)CCOC1=O. The normalized spacial score (nSPS) is 28.3. The summed E-state index contributed by atoms with van der Waals surface area (Å²) >= 11 is 0. The minimum atomic E-state index is -0.539. The first-order valence-electron chi connectivity index (χ1n) is 5.94. The van der Waals surface area contributed by atoms with Crippen LogP contribution in [0.5, 0.6) is 0 Å². The van der Waals surface area contributed by atoms with Crippen LogP contribution in [0.1, 0.15) is 39.5 Å². The van der Waals surface area contributed by atoms with Gasteiger partial charge >= 0.3 is 12.3 Å². The zero-order valence-corrected chi connectivity index (χ0v) is 10.4. The highest BCUT2D eigenvalue weighted by Gasteiger charge is 2.49. The molecule has 0 aromatic heterocycles. The number of cyclic esters (lactones) is 1. The van der Waals surface area contributed by atoms with Gasteiger partial charge in [0.05, 0.1) is 17.4 Å². The third kappa shape index (κ3) is 2.97. The van der Waals surface area contributed by atoms with Crippen LogP contribution >= 0.6 is 0 Å². The quantitative estimate of drug-likeness (QED) is 0.243. The maximum atomic E-state index is 11.8. The van der Waals surface area contributed by atoms with Gasteiger partial charge in [-0.25, -0.2) is 0 Å². The third-order valence-electron chi connectivity index (χ3n) is 3.69. The molecule has 1 aliphatic heterocycles. The number of aliphatic hydroxyl groups is 1. The Bertz CT molecular complexity index is 301. The maximum absolute atomic E-state index is 11.8. The molecular weight excluding hydrogens is 224 g/mol. The van der Waals surface area contributed by atoms with Crippen molar-refractivity contribution in [2.24, 2.45) is 10.8 Å². The highest BCUT2D eigenvalue weighted by Crippen LogP contribution is 2.44. The predicted octanol–water partition coefficient (Wildman–Crippen LogP) is 1.32. The molecule has 2 N–H and O–H groups in total. The van der Waals surface area contributed by atoms with Crippen molar-refractivity contribution in [1.29, 1.82) is 0 Å². The van der Waals surface area contributed by atoms with Crippen LogP contribution in [0.15, 0.2) is 0 Å². The Labute approximate surface area is 101 Å². The van der Waals surface area contributed by atoms with E-state index in [0.717, 1.165) is 0 Å². The molecule has 1 aliphatic rings. The summed E-state index contributed by atoms with van der Waals surface area (Å²) in [5.74, 6) is -0.185. The van der Waals surface area contributed by atoms with E-state index in [1.165, 1.54) is 6.29 Å². The average molecular weight is 245 g/mol. The Balaban J connectivity index is 2.87.